The Morgan fingerprint density at radius 3 is 2.69 bits per heavy atom. The third-order valence-corrected chi connectivity index (χ3v) is 5.58. The second kappa shape index (κ2) is 9.39. The van der Waals surface area contributed by atoms with Crippen LogP contribution in [-0.4, -0.2) is 62.1 Å². The average molecular weight is 439 g/mol. The van der Waals surface area contributed by atoms with E-state index in [-0.39, 0.29) is 23.6 Å². The lowest BCUT2D eigenvalue weighted by atomic mass is 10.1. The molecule has 1 saturated heterocycles. The van der Waals surface area contributed by atoms with Gasteiger partial charge in [0.15, 0.2) is 5.82 Å². The van der Waals surface area contributed by atoms with E-state index < -0.39 is 5.82 Å². The van der Waals surface area contributed by atoms with Gasteiger partial charge in [0.2, 0.25) is 5.95 Å². The molecule has 3 aromatic heterocycles. The molecule has 4 heterocycles. The first-order chi connectivity index (χ1) is 15.5. The molecule has 0 unspecified atom stereocenters. The number of ether oxygens (including phenoxy) is 1. The Kier molecular flexibility index (Phi) is 6.40. The van der Waals surface area contributed by atoms with E-state index in [0.29, 0.717) is 36.8 Å². The van der Waals surface area contributed by atoms with Crippen LogP contribution in [0.1, 0.15) is 42.1 Å². The first-order valence-corrected chi connectivity index (χ1v) is 10.6. The Labute approximate surface area is 185 Å². The smallest absolute Gasteiger partial charge is 0.272 e. The minimum Gasteiger partial charge on any atom is -0.381 e. The van der Waals surface area contributed by atoms with Crippen LogP contribution >= 0.6 is 0 Å². The number of nitrogens with one attached hydrogen (secondary N) is 1. The zero-order valence-corrected chi connectivity index (χ0v) is 18.4. The molecule has 10 heteroatoms. The van der Waals surface area contributed by atoms with Gasteiger partial charge in [0.25, 0.3) is 5.91 Å². The van der Waals surface area contributed by atoms with E-state index in [0.717, 1.165) is 24.9 Å². The van der Waals surface area contributed by atoms with Crippen molar-refractivity contribution >= 4 is 17.5 Å². The zero-order valence-electron chi connectivity index (χ0n) is 18.4. The van der Waals surface area contributed by atoms with Crippen molar-refractivity contribution in [1.29, 1.82) is 0 Å². The van der Waals surface area contributed by atoms with Gasteiger partial charge in [-0.25, -0.2) is 24.3 Å². The van der Waals surface area contributed by atoms with Gasteiger partial charge in [0.1, 0.15) is 17.2 Å². The van der Waals surface area contributed by atoms with Gasteiger partial charge in [-0.3, -0.25) is 4.79 Å². The molecule has 4 rings (SSSR count). The molecule has 1 amide bonds. The van der Waals surface area contributed by atoms with Crippen molar-refractivity contribution in [2.45, 2.75) is 32.7 Å². The number of hydrogen-bond acceptors (Lipinski definition) is 7. The molecule has 1 aliphatic heterocycles. The van der Waals surface area contributed by atoms with Crippen LogP contribution in [0.3, 0.4) is 0 Å². The number of anilines is 2. The monoisotopic (exact) mass is 439 g/mol. The summed E-state index contributed by atoms with van der Waals surface area (Å²) < 4.78 is 22.2. The average Bonchev–Trinajstić information content (AvgIpc) is 3.21. The number of carbonyl (C=O) groups is 1. The van der Waals surface area contributed by atoms with Gasteiger partial charge in [0.05, 0.1) is 30.0 Å². The van der Waals surface area contributed by atoms with Crippen molar-refractivity contribution in [2.24, 2.45) is 0 Å². The lowest BCUT2D eigenvalue weighted by Crippen LogP contribution is -2.26. The van der Waals surface area contributed by atoms with Crippen LogP contribution in [0.25, 0.3) is 11.4 Å². The highest BCUT2D eigenvalue weighted by Crippen LogP contribution is 2.31. The van der Waals surface area contributed by atoms with Crippen molar-refractivity contribution in [3.8, 4) is 11.4 Å². The van der Waals surface area contributed by atoms with E-state index in [1.807, 2.05) is 18.4 Å². The Morgan fingerprint density at radius 2 is 2.00 bits per heavy atom. The van der Waals surface area contributed by atoms with Crippen molar-refractivity contribution in [3.05, 3.63) is 48.1 Å². The molecule has 1 fully saturated rings. The number of pyridine rings is 1. The summed E-state index contributed by atoms with van der Waals surface area (Å²) in [6, 6.07) is 3.53. The van der Waals surface area contributed by atoms with E-state index in [4.69, 9.17) is 4.74 Å². The number of imidazole rings is 1. The second-order valence-corrected chi connectivity index (χ2v) is 7.67. The van der Waals surface area contributed by atoms with Crippen LogP contribution in [-0.2, 0) is 4.74 Å². The standard InChI is InChI=1S/C22H26FN7O2/c1-4-29(3)21(31)18-6-5-15(11-25-18)27-22-26-12-17(23)20(28-22)19-13-24-14(2)30(19)16-7-9-32-10-8-16/h5-6,11-13,16H,4,7-10H2,1-3H3,(H,26,27,28). The molecule has 3 aromatic rings. The first-order valence-electron chi connectivity index (χ1n) is 10.6. The minimum absolute atomic E-state index is 0.156. The summed E-state index contributed by atoms with van der Waals surface area (Å²) in [7, 11) is 1.72. The van der Waals surface area contributed by atoms with Crippen LogP contribution in [0.15, 0.2) is 30.7 Å². The summed E-state index contributed by atoms with van der Waals surface area (Å²) in [5.74, 6) is 0.354. The van der Waals surface area contributed by atoms with Crippen LogP contribution in [0, 0.1) is 12.7 Å². The van der Waals surface area contributed by atoms with Crippen molar-refractivity contribution < 1.29 is 13.9 Å². The molecule has 1 aliphatic rings. The molecule has 0 aromatic carbocycles. The third kappa shape index (κ3) is 4.45. The van der Waals surface area contributed by atoms with Gasteiger partial charge in [-0.2, -0.15) is 0 Å². The zero-order chi connectivity index (χ0) is 22.7. The number of halogens is 1. The van der Waals surface area contributed by atoms with Crippen LogP contribution in [0.4, 0.5) is 16.0 Å². The van der Waals surface area contributed by atoms with Gasteiger partial charge in [-0.15, -0.1) is 0 Å². The molecule has 0 bridgehead atoms. The predicted octanol–water partition coefficient (Wildman–Crippen LogP) is 3.37. The molecule has 0 spiro atoms. The van der Waals surface area contributed by atoms with Crippen molar-refractivity contribution in [3.63, 3.8) is 0 Å². The third-order valence-electron chi connectivity index (χ3n) is 5.58. The number of nitrogens with zero attached hydrogens (tertiary/aromatic N) is 6. The van der Waals surface area contributed by atoms with Crippen molar-refractivity contribution in [2.75, 3.05) is 32.1 Å². The Hall–Kier alpha value is -3.40. The molecule has 0 atom stereocenters. The Morgan fingerprint density at radius 1 is 1.22 bits per heavy atom. The molecule has 32 heavy (non-hydrogen) atoms. The highest BCUT2D eigenvalue weighted by atomic mass is 19.1. The van der Waals surface area contributed by atoms with E-state index >= 15 is 0 Å². The number of aromatic nitrogens is 5. The van der Waals surface area contributed by atoms with Gasteiger partial charge in [-0.05, 0) is 38.8 Å². The molecule has 0 aliphatic carbocycles. The maximum absolute atomic E-state index is 14.7. The second-order valence-electron chi connectivity index (χ2n) is 7.67. The summed E-state index contributed by atoms with van der Waals surface area (Å²) in [6.07, 6.45) is 5.99. The first kappa shape index (κ1) is 21.8. The summed E-state index contributed by atoms with van der Waals surface area (Å²) in [4.78, 5) is 30.9. The van der Waals surface area contributed by atoms with Gasteiger partial charge >= 0.3 is 0 Å². The summed E-state index contributed by atoms with van der Waals surface area (Å²) in [5.41, 5.74) is 1.72. The predicted molar refractivity (Wildman–Crippen MR) is 117 cm³/mol. The number of carbonyl (C=O) groups excluding carboxylic acids is 1. The highest BCUT2D eigenvalue weighted by Gasteiger charge is 2.23. The number of hydrogen-bond donors (Lipinski definition) is 1. The summed E-state index contributed by atoms with van der Waals surface area (Å²) in [5, 5.41) is 3.03. The quantitative estimate of drug-likeness (QED) is 0.629. The molecular weight excluding hydrogens is 413 g/mol. The summed E-state index contributed by atoms with van der Waals surface area (Å²) >= 11 is 0. The lowest BCUT2D eigenvalue weighted by Gasteiger charge is -2.26. The fourth-order valence-electron chi connectivity index (χ4n) is 3.70. The fraction of sp³-hybridized carbons (Fsp3) is 0.409. The molecule has 0 saturated carbocycles. The normalized spacial score (nSPS) is 14.4. The topological polar surface area (TPSA) is 98.1 Å². The molecule has 9 nitrogen and oxygen atoms in total. The van der Waals surface area contributed by atoms with E-state index in [2.05, 4.69) is 25.3 Å². The molecular formula is C22H26FN7O2. The largest absolute Gasteiger partial charge is 0.381 e. The fourth-order valence-corrected chi connectivity index (χ4v) is 3.70. The molecule has 0 radical (unpaired) electrons. The number of aryl methyl sites for hydroxylation is 1. The van der Waals surface area contributed by atoms with Gasteiger partial charge in [0, 0.05) is 32.8 Å². The minimum atomic E-state index is -0.523. The lowest BCUT2D eigenvalue weighted by molar-refractivity contribution is 0.0694. The maximum atomic E-state index is 14.7. The van der Waals surface area contributed by atoms with Crippen LogP contribution < -0.4 is 5.32 Å². The number of amides is 1. The van der Waals surface area contributed by atoms with Crippen LogP contribution in [0.2, 0.25) is 0 Å². The SMILES string of the molecule is CCN(C)C(=O)c1ccc(Nc2ncc(F)c(-c3cnc(C)n3C3CCOCC3)n2)cn1. The Balaban J connectivity index is 1.59. The Bertz CT molecular complexity index is 1090. The molecule has 1 N–H and O–H groups in total. The van der Waals surface area contributed by atoms with Crippen LogP contribution in [0.5, 0.6) is 0 Å². The summed E-state index contributed by atoms with van der Waals surface area (Å²) in [6.45, 7) is 5.73. The highest BCUT2D eigenvalue weighted by molar-refractivity contribution is 5.92. The molecule has 168 valence electrons. The van der Waals surface area contributed by atoms with E-state index in [1.165, 1.54) is 6.20 Å². The van der Waals surface area contributed by atoms with E-state index in [1.54, 1.807) is 30.3 Å². The van der Waals surface area contributed by atoms with Crippen molar-refractivity contribution in [1.82, 2.24) is 29.4 Å². The maximum Gasteiger partial charge on any atom is 0.272 e. The number of rotatable bonds is 6. The van der Waals surface area contributed by atoms with E-state index in [9.17, 15) is 9.18 Å². The van der Waals surface area contributed by atoms with Gasteiger partial charge < -0.3 is 19.5 Å². The van der Waals surface area contributed by atoms with Gasteiger partial charge in [-0.1, -0.05) is 0 Å².